The number of ether oxygens (including phenoxy) is 2. The number of aliphatic hydroxyl groups excluding tert-OH is 2. The highest BCUT2D eigenvalue weighted by Gasteiger charge is 2.45. The first kappa shape index (κ1) is 23.3. The number of aromatic nitrogens is 4. The Labute approximate surface area is 209 Å². The third-order valence-corrected chi connectivity index (χ3v) is 6.66. The van der Waals surface area contributed by atoms with E-state index < -0.39 is 42.1 Å². The lowest BCUT2D eigenvalue weighted by Crippen LogP contribution is -2.34. The quantitative estimate of drug-likeness (QED) is 0.249. The first-order valence-electron chi connectivity index (χ1n) is 11.7. The van der Waals surface area contributed by atoms with Gasteiger partial charge in [0.25, 0.3) is 5.56 Å². The van der Waals surface area contributed by atoms with Crippen molar-refractivity contribution >= 4 is 28.7 Å². The summed E-state index contributed by atoms with van der Waals surface area (Å²) >= 11 is 0. The molecule has 1 saturated heterocycles. The van der Waals surface area contributed by atoms with Crippen LogP contribution in [0.4, 0.5) is 11.6 Å². The largest absolute Gasteiger partial charge is 0.399 e. The smallest absolute Gasteiger partial charge is 0.280 e. The van der Waals surface area contributed by atoms with E-state index in [1.54, 1.807) is 0 Å². The Morgan fingerprint density at radius 1 is 1.19 bits per heavy atom. The number of fused-ring (bicyclic) bond motifs is 4. The van der Waals surface area contributed by atoms with Crippen LogP contribution < -0.4 is 16.6 Å². The molecule has 1 unspecified atom stereocenters. The highest BCUT2D eigenvalue weighted by atomic mass is 16.6. The molecule has 12 heteroatoms. The lowest BCUT2D eigenvalue weighted by atomic mass is 10.1. The predicted molar refractivity (Wildman–Crippen MR) is 132 cm³/mol. The van der Waals surface area contributed by atoms with Gasteiger partial charge in [-0.2, -0.15) is 4.98 Å². The number of benzene rings is 2. The molecule has 0 bridgehead atoms. The van der Waals surface area contributed by atoms with Crippen LogP contribution in [-0.2, 0) is 14.3 Å². The zero-order valence-corrected chi connectivity index (χ0v) is 19.7. The van der Waals surface area contributed by atoms with Gasteiger partial charge in [0.2, 0.25) is 11.9 Å². The van der Waals surface area contributed by atoms with Crippen molar-refractivity contribution in [1.82, 2.24) is 19.5 Å². The first-order valence-corrected chi connectivity index (χ1v) is 11.7. The van der Waals surface area contributed by atoms with E-state index in [1.807, 2.05) is 42.5 Å². The van der Waals surface area contributed by atoms with Crippen LogP contribution >= 0.6 is 0 Å². The van der Waals surface area contributed by atoms with E-state index in [-0.39, 0.29) is 23.7 Å². The maximum atomic E-state index is 12.4. The molecule has 0 spiro atoms. The molecular weight excluding hydrogens is 480 g/mol. The van der Waals surface area contributed by atoms with Crippen molar-refractivity contribution in [3.8, 4) is 11.1 Å². The second kappa shape index (κ2) is 8.78. The predicted octanol–water partition coefficient (Wildman–Crippen LogP) is 1.07. The molecule has 190 valence electrons. The van der Waals surface area contributed by atoms with Crippen LogP contribution in [0.5, 0.6) is 0 Å². The molecule has 2 aromatic carbocycles. The van der Waals surface area contributed by atoms with Gasteiger partial charge in [-0.05, 0) is 34.4 Å². The van der Waals surface area contributed by atoms with Gasteiger partial charge in [-0.1, -0.05) is 30.3 Å². The molecule has 1 aliphatic carbocycles. The number of nitrogen functional groups attached to an aromatic ring is 1. The summed E-state index contributed by atoms with van der Waals surface area (Å²) in [5, 5.41) is 24.0. The third-order valence-electron chi connectivity index (χ3n) is 6.66. The molecule has 2 aromatic heterocycles. The number of amides is 1. The number of nitrogens with one attached hydrogen (secondary N) is 2. The number of nitrogens with zero attached hydrogens (tertiary/aromatic N) is 3. The minimum atomic E-state index is -1.35. The summed E-state index contributed by atoms with van der Waals surface area (Å²) in [7, 11) is 0. The van der Waals surface area contributed by atoms with Crippen LogP contribution in [0.25, 0.3) is 22.3 Å². The Morgan fingerprint density at radius 3 is 2.78 bits per heavy atom. The van der Waals surface area contributed by atoms with Crippen molar-refractivity contribution in [1.29, 1.82) is 0 Å². The minimum absolute atomic E-state index is 0.00384. The van der Waals surface area contributed by atoms with Crippen LogP contribution in [0, 0.1) is 0 Å². The van der Waals surface area contributed by atoms with Gasteiger partial charge in [-0.25, -0.2) is 4.98 Å². The molecule has 6 rings (SSSR count). The lowest BCUT2D eigenvalue weighted by Gasteiger charge is -2.20. The van der Waals surface area contributed by atoms with Gasteiger partial charge < -0.3 is 25.4 Å². The molecule has 0 radical (unpaired) electrons. The number of anilines is 2. The number of hydrogen-bond donors (Lipinski definition) is 5. The van der Waals surface area contributed by atoms with E-state index in [0.717, 1.165) is 22.3 Å². The van der Waals surface area contributed by atoms with E-state index in [1.165, 1.54) is 17.8 Å². The Morgan fingerprint density at radius 2 is 1.97 bits per heavy atom. The van der Waals surface area contributed by atoms with Crippen LogP contribution in [0.15, 0.2) is 53.6 Å². The molecule has 12 nitrogen and oxygen atoms in total. The second-order valence-corrected chi connectivity index (χ2v) is 9.11. The van der Waals surface area contributed by atoms with Gasteiger partial charge in [0.05, 0.1) is 12.9 Å². The molecule has 37 heavy (non-hydrogen) atoms. The topological polar surface area (TPSA) is 178 Å². The fourth-order valence-corrected chi connectivity index (χ4v) is 4.99. The number of nitrogens with two attached hydrogens (primary N) is 1. The van der Waals surface area contributed by atoms with Gasteiger partial charge in [0.1, 0.15) is 24.4 Å². The van der Waals surface area contributed by atoms with Crippen molar-refractivity contribution < 1.29 is 24.5 Å². The monoisotopic (exact) mass is 504 g/mol. The second-order valence-electron chi connectivity index (χ2n) is 9.11. The number of hydrogen-bond acceptors (Lipinski definition) is 9. The molecule has 1 fully saturated rings. The highest BCUT2D eigenvalue weighted by Crippen LogP contribution is 2.46. The third kappa shape index (κ3) is 3.86. The Kier molecular flexibility index (Phi) is 5.53. The van der Waals surface area contributed by atoms with E-state index in [2.05, 4.69) is 20.3 Å². The number of rotatable bonds is 5. The summed E-state index contributed by atoms with van der Waals surface area (Å²) in [5.41, 5.74) is 10.1. The maximum absolute atomic E-state index is 12.4. The fraction of sp³-hybridized carbons (Fsp3) is 0.280. The minimum Gasteiger partial charge on any atom is -0.399 e. The molecule has 2 aliphatic rings. The Balaban J connectivity index is 1.26. The molecular formula is C25H24N6O6. The molecule has 0 saturated carbocycles. The van der Waals surface area contributed by atoms with E-state index in [0.29, 0.717) is 5.69 Å². The SMILES string of the molecule is CC(=O)Nc1nc2c(ncn2[C@@H]2O[C@H](COC3c4ccccc4-c4ccc(N)cc43)[C@@H](O)[C@H]2O)c(=O)[nH]1. The number of H-pyrrole nitrogens is 1. The van der Waals surface area contributed by atoms with Gasteiger partial charge in [-0.3, -0.25) is 24.5 Å². The molecule has 6 N–H and O–H groups in total. The highest BCUT2D eigenvalue weighted by molar-refractivity contribution is 5.87. The zero-order chi connectivity index (χ0) is 25.8. The summed E-state index contributed by atoms with van der Waals surface area (Å²) in [6.07, 6.45) is -3.73. The maximum Gasteiger partial charge on any atom is 0.280 e. The van der Waals surface area contributed by atoms with Gasteiger partial charge >= 0.3 is 0 Å². The van der Waals surface area contributed by atoms with Crippen molar-refractivity contribution in [3.63, 3.8) is 0 Å². The van der Waals surface area contributed by atoms with Crippen LogP contribution in [0.1, 0.15) is 30.4 Å². The number of carbonyl (C=O) groups excluding carboxylic acids is 1. The van der Waals surface area contributed by atoms with Crippen molar-refractivity contribution in [2.24, 2.45) is 0 Å². The van der Waals surface area contributed by atoms with Gasteiger partial charge in [0.15, 0.2) is 17.4 Å². The first-order chi connectivity index (χ1) is 17.8. The molecule has 1 amide bonds. The number of aromatic amines is 1. The number of aliphatic hydroxyl groups is 2. The standard InChI is InChI=1S/C25H24N6O6/c1-11(32)28-25-29-22-18(23(35)30-25)27-10-31(22)24-20(34)19(33)17(37-24)9-36-21-15-5-3-2-4-13(15)14-7-6-12(26)8-16(14)21/h2-8,10,17,19-21,24,33-34H,9,26H2,1H3,(H2,28,29,30,32,35)/t17-,19-,20-,21?,24-/m1/s1. The summed E-state index contributed by atoms with van der Waals surface area (Å²) in [4.78, 5) is 34.5. The molecule has 3 heterocycles. The summed E-state index contributed by atoms with van der Waals surface area (Å²) in [6.45, 7) is 1.25. The summed E-state index contributed by atoms with van der Waals surface area (Å²) < 4.78 is 13.6. The summed E-state index contributed by atoms with van der Waals surface area (Å²) in [5.74, 6) is -0.493. The molecule has 1 aliphatic heterocycles. The Bertz CT molecular complexity index is 1580. The zero-order valence-electron chi connectivity index (χ0n) is 19.7. The van der Waals surface area contributed by atoms with Crippen molar-refractivity contribution in [3.05, 3.63) is 70.3 Å². The van der Waals surface area contributed by atoms with Crippen LogP contribution in [0.3, 0.4) is 0 Å². The van der Waals surface area contributed by atoms with Crippen LogP contribution in [0.2, 0.25) is 0 Å². The average Bonchev–Trinajstić information content (AvgIpc) is 3.50. The van der Waals surface area contributed by atoms with E-state index in [9.17, 15) is 19.8 Å². The number of carbonyl (C=O) groups is 1. The lowest BCUT2D eigenvalue weighted by molar-refractivity contribution is -0.114. The van der Waals surface area contributed by atoms with Gasteiger partial charge in [0, 0.05) is 12.6 Å². The van der Waals surface area contributed by atoms with Gasteiger partial charge in [-0.15, -0.1) is 0 Å². The van der Waals surface area contributed by atoms with Crippen LogP contribution in [-0.4, -0.2) is 60.6 Å². The average molecular weight is 505 g/mol. The summed E-state index contributed by atoms with van der Waals surface area (Å²) in [6, 6.07) is 13.6. The fourth-order valence-electron chi connectivity index (χ4n) is 4.99. The Hall–Kier alpha value is -4.10. The van der Waals surface area contributed by atoms with E-state index in [4.69, 9.17) is 15.2 Å². The van der Waals surface area contributed by atoms with Crippen molar-refractivity contribution in [2.45, 2.75) is 37.6 Å². The molecule has 4 aromatic rings. The van der Waals surface area contributed by atoms with E-state index >= 15 is 0 Å². The van der Waals surface area contributed by atoms with Crippen molar-refractivity contribution in [2.75, 3.05) is 17.7 Å². The molecule has 5 atom stereocenters. The normalized spacial score (nSPS) is 24.2. The number of imidazole rings is 1.